The van der Waals surface area contributed by atoms with Crippen molar-refractivity contribution in [2.45, 2.75) is 39.2 Å². The number of amides is 1. The topological polar surface area (TPSA) is 61.4 Å². The first-order chi connectivity index (χ1) is 7.12. The molecule has 3 N–H and O–H groups in total. The Morgan fingerprint density at radius 2 is 2.20 bits per heavy atom. The third kappa shape index (κ3) is 4.18. The maximum Gasteiger partial charge on any atom is 0.234 e. The molecule has 0 aromatic heterocycles. The van der Waals surface area contributed by atoms with E-state index in [0.29, 0.717) is 6.54 Å². The molecule has 0 aromatic carbocycles. The van der Waals surface area contributed by atoms with Gasteiger partial charge in [0.25, 0.3) is 0 Å². The standard InChI is InChI=1S/C11H22N2O2/c1-3-9(2)13-10(15)6-12-7-11(8-14)4-5-11/h9,12,14H,3-8H2,1-2H3,(H,13,15). The second-order valence-electron chi connectivity index (χ2n) is 4.64. The van der Waals surface area contributed by atoms with Crippen molar-refractivity contribution in [2.75, 3.05) is 19.7 Å². The first kappa shape index (κ1) is 12.5. The Balaban J connectivity index is 2.07. The van der Waals surface area contributed by atoms with Gasteiger partial charge >= 0.3 is 0 Å². The second kappa shape index (κ2) is 5.47. The summed E-state index contributed by atoms with van der Waals surface area (Å²) in [6.45, 7) is 5.37. The number of aliphatic hydroxyl groups is 1. The number of hydrogen-bond acceptors (Lipinski definition) is 3. The summed E-state index contributed by atoms with van der Waals surface area (Å²) in [6, 6.07) is 0.243. The van der Waals surface area contributed by atoms with Gasteiger partial charge in [-0.15, -0.1) is 0 Å². The molecule has 1 aliphatic rings. The Morgan fingerprint density at radius 3 is 2.67 bits per heavy atom. The van der Waals surface area contributed by atoms with Crippen LogP contribution in [0.3, 0.4) is 0 Å². The zero-order valence-corrected chi connectivity index (χ0v) is 9.68. The molecular formula is C11H22N2O2. The van der Waals surface area contributed by atoms with Crippen LogP contribution in [0.2, 0.25) is 0 Å². The van der Waals surface area contributed by atoms with Gasteiger partial charge < -0.3 is 15.7 Å². The lowest BCUT2D eigenvalue weighted by Gasteiger charge is -2.14. The number of nitrogens with one attached hydrogen (secondary N) is 2. The van der Waals surface area contributed by atoms with Crippen molar-refractivity contribution < 1.29 is 9.90 Å². The molecule has 1 unspecified atom stereocenters. The van der Waals surface area contributed by atoms with E-state index < -0.39 is 0 Å². The predicted octanol–water partition coefficient (Wildman–Crippen LogP) is 0.263. The molecule has 0 heterocycles. The number of rotatable bonds is 7. The maximum atomic E-state index is 11.4. The van der Waals surface area contributed by atoms with Crippen molar-refractivity contribution in [1.29, 1.82) is 0 Å². The quantitative estimate of drug-likeness (QED) is 0.570. The fraction of sp³-hybridized carbons (Fsp3) is 0.909. The molecule has 1 fully saturated rings. The van der Waals surface area contributed by atoms with E-state index >= 15 is 0 Å². The normalized spacial score (nSPS) is 19.7. The maximum absolute atomic E-state index is 11.4. The molecule has 0 aliphatic heterocycles. The summed E-state index contributed by atoms with van der Waals surface area (Å²) in [7, 11) is 0. The van der Waals surface area contributed by atoms with Crippen molar-refractivity contribution in [3.8, 4) is 0 Å². The van der Waals surface area contributed by atoms with Crippen molar-refractivity contribution in [3.05, 3.63) is 0 Å². The Labute approximate surface area is 91.4 Å². The average Bonchev–Trinajstić information content (AvgIpc) is 2.98. The van der Waals surface area contributed by atoms with Crippen LogP contribution in [0, 0.1) is 5.41 Å². The summed E-state index contributed by atoms with van der Waals surface area (Å²) in [6.07, 6.45) is 3.10. The van der Waals surface area contributed by atoms with E-state index in [2.05, 4.69) is 10.6 Å². The fourth-order valence-electron chi connectivity index (χ4n) is 1.44. The second-order valence-corrected chi connectivity index (χ2v) is 4.64. The number of hydrogen-bond donors (Lipinski definition) is 3. The van der Waals surface area contributed by atoms with E-state index in [9.17, 15) is 4.79 Å². The van der Waals surface area contributed by atoms with E-state index in [-0.39, 0.29) is 24.0 Å². The lowest BCUT2D eigenvalue weighted by molar-refractivity contribution is -0.120. The Hall–Kier alpha value is -0.610. The zero-order chi connectivity index (χ0) is 11.3. The van der Waals surface area contributed by atoms with Crippen LogP contribution in [0.25, 0.3) is 0 Å². The third-order valence-corrected chi connectivity index (χ3v) is 3.10. The Morgan fingerprint density at radius 1 is 1.53 bits per heavy atom. The van der Waals surface area contributed by atoms with Crippen molar-refractivity contribution >= 4 is 5.91 Å². The van der Waals surface area contributed by atoms with Gasteiger partial charge in [0.1, 0.15) is 0 Å². The van der Waals surface area contributed by atoms with Crippen LogP contribution >= 0.6 is 0 Å². The molecule has 88 valence electrons. The van der Waals surface area contributed by atoms with E-state index in [0.717, 1.165) is 25.8 Å². The molecule has 1 atom stereocenters. The lowest BCUT2D eigenvalue weighted by atomic mass is 10.1. The van der Waals surface area contributed by atoms with E-state index in [1.165, 1.54) is 0 Å². The molecule has 15 heavy (non-hydrogen) atoms. The van der Waals surface area contributed by atoms with Gasteiger partial charge in [-0.1, -0.05) is 6.92 Å². The number of carbonyl (C=O) groups is 1. The van der Waals surface area contributed by atoms with E-state index in [1.54, 1.807) is 0 Å². The number of carbonyl (C=O) groups excluding carboxylic acids is 1. The summed E-state index contributed by atoms with van der Waals surface area (Å²) < 4.78 is 0. The molecule has 1 rings (SSSR count). The molecule has 0 bridgehead atoms. The molecule has 0 saturated heterocycles. The monoisotopic (exact) mass is 214 g/mol. The van der Waals surface area contributed by atoms with Gasteiger partial charge in [0.2, 0.25) is 5.91 Å². The van der Waals surface area contributed by atoms with Crippen LogP contribution in [0.1, 0.15) is 33.1 Å². The largest absolute Gasteiger partial charge is 0.396 e. The molecule has 0 radical (unpaired) electrons. The van der Waals surface area contributed by atoms with Gasteiger partial charge in [0.05, 0.1) is 6.54 Å². The highest BCUT2D eigenvalue weighted by Gasteiger charge is 2.41. The van der Waals surface area contributed by atoms with E-state index in [4.69, 9.17) is 5.11 Å². The minimum atomic E-state index is 0.0399. The first-order valence-corrected chi connectivity index (χ1v) is 5.73. The van der Waals surface area contributed by atoms with Gasteiger partial charge in [-0.25, -0.2) is 0 Å². The molecule has 4 nitrogen and oxygen atoms in total. The Kier molecular flexibility index (Phi) is 4.54. The molecule has 0 aromatic rings. The highest BCUT2D eigenvalue weighted by atomic mass is 16.3. The van der Waals surface area contributed by atoms with Gasteiger partial charge in [0.15, 0.2) is 0 Å². The summed E-state index contributed by atoms with van der Waals surface area (Å²) in [4.78, 5) is 11.4. The smallest absolute Gasteiger partial charge is 0.234 e. The van der Waals surface area contributed by atoms with Crippen molar-refractivity contribution in [3.63, 3.8) is 0 Å². The zero-order valence-electron chi connectivity index (χ0n) is 9.68. The van der Waals surface area contributed by atoms with Crippen LogP contribution in [0.5, 0.6) is 0 Å². The van der Waals surface area contributed by atoms with Crippen molar-refractivity contribution in [2.24, 2.45) is 5.41 Å². The summed E-state index contributed by atoms with van der Waals surface area (Å²) in [5.41, 5.74) is 0.0800. The highest BCUT2D eigenvalue weighted by molar-refractivity contribution is 5.78. The molecule has 4 heteroatoms. The van der Waals surface area contributed by atoms with E-state index in [1.807, 2.05) is 13.8 Å². The Bertz CT molecular complexity index is 215. The summed E-state index contributed by atoms with van der Waals surface area (Å²) in [5.74, 6) is 0.0399. The van der Waals surface area contributed by atoms with Crippen LogP contribution in [0.15, 0.2) is 0 Å². The van der Waals surface area contributed by atoms with Gasteiger partial charge in [-0.2, -0.15) is 0 Å². The lowest BCUT2D eigenvalue weighted by Crippen LogP contribution is -2.40. The SMILES string of the molecule is CCC(C)NC(=O)CNCC1(CO)CC1. The highest BCUT2D eigenvalue weighted by Crippen LogP contribution is 2.44. The molecular weight excluding hydrogens is 192 g/mol. The van der Waals surface area contributed by atoms with Crippen LogP contribution in [0.4, 0.5) is 0 Å². The fourth-order valence-corrected chi connectivity index (χ4v) is 1.44. The van der Waals surface area contributed by atoms with Gasteiger partial charge in [-0.05, 0) is 26.2 Å². The summed E-state index contributed by atoms with van der Waals surface area (Å²) in [5, 5.41) is 15.1. The predicted molar refractivity (Wildman–Crippen MR) is 59.5 cm³/mol. The minimum absolute atomic E-state index is 0.0399. The van der Waals surface area contributed by atoms with Crippen LogP contribution < -0.4 is 10.6 Å². The van der Waals surface area contributed by atoms with Crippen LogP contribution in [-0.2, 0) is 4.79 Å². The molecule has 1 amide bonds. The third-order valence-electron chi connectivity index (χ3n) is 3.10. The molecule has 1 saturated carbocycles. The molecule has 1 aliphatic carbocycles. The first-order valence-electron chi connectivity index (χ1n) is 5.73. The number of aliphatic hydroxyl groups excluding tert-OH is 1. The molecule has 0 spiro atoms. The minimum Gasteiger partial charge on any atom is -0.396 e. The van der Waals surface area contributed by atoms with Crippen molar-refractivity contribution in [1.82, 2.24) is 10.6 Å². The van der Waals surface area contributed by atoms with Gasteiger partial charge in [0, 0.05) is 24.6 Å². The average molecular weight is 214 g/mol. The van der Waals surface area contributed by atoms with Crippen LogP contribution in [-0.4, -0.2) is 36.8 Å². The van der Waals surface area contributed by atoms with Gasteiger partial charge in [-0.3, -0.25) is 4.79 Å². The summed E-state index contributed by atoms with van der Waals surface area (Å²) >= 11 is 0.